The van der Waals surface area contributed by atoms with Gasteiger partial charge in [-0.15, -0.1) is 13.2 Å². The maximum atomic E-state index is 5.80. The molecule has 1 saturated heterocycles. The number of rotatable bonds is 10. The van der Waals surface area contributed by atoms with E-state index in [4.69, 9.17) is 9.47 Å². The zero-order valence-corrected chi connectivity index (χ0v) is 14.1. The number of hydrogen-bond donors (Lipinski definition) is 0. The van der Waals surface area contributed by atoms with E-state index in [1.807, 2.05) is 12.2 Å². The second kappa shape index (κ2) is 9.94. The van der Waals surface area contributed by atoms with E-state index >= 15 is 0 Å². The Hall–Kier alpha value is 0.130. The molecular formula is C16H27IO2. The maximum Gasteiger partial charge on any atom is 0.157 e. The summed E-state index contributed by atoms with van der Waals surface area (Å²) in [5.41, 5.74) is 0.320. The quantitative estimate of drug-likeness (QED) is 0.233. The predicted molar refractivity (Wildman–Crippen MR) is 89.7 cm³/mol. The molecule has 1 heterocycles. The van der Waals surface area contributed by atoms with Crippen molar-refractivity contribution in [2.75, 3.05) is 17.6 Å². The van der Waals surface area contributed by atoms with Crippen LogP contribution in [0, 0.1) is 5.41 Å². The molecule has 1 fully saturated rings. The van der Waals surface area contributed by atoms with Gasteiger partial charge in [0.15, 0.2) is 6.29 Å². The summed E-state index contributed by atoms with van der Waals surface area (Å²) in [7, 11) is 0. The molecule has 110 valence electrons. The number of alkyl halides is 1. The zero-order chi connectivity index (χ0) is 14.0. The molecular weight excluding hydrogens is 351 g/mol. The summed E-state index contributed by atoms with van der Waals surface area (Å²) in [5, 5.41) is 0. The van der Waals surface area contributed by atoms with Gasteiger partial charge in [0.1, 0.15) is 0 Å². The molecule has 2 nitrogen and oxygen atoms in total. The normalized spacial score (nSPS) is 20.2. The smallest absolute Gasteiger partial charge is 0.157 e. The van der Waals surface area contributed by atoms with E-state index in [1.165, 1.54) is 19.3 Å². The molecule has 0 saturated carbocycles. The summed E-state index contributed by atoms with van der Waals surface area (Å²) in [5.74, 6) is 0. The lowest BCUT2D eigenvalue weighted by Crippen LogP contribution is -2.25. The van der Waals surface area contributed by atoms with Gasteiger partial charge in [-0.3, -0.25) is 0 Å². The van der Waals surface area contributed by atoms with Crippen molar-refractivity contribution in [3.63, 3.8) is 0 Å². The third-order valence-corrected chi connectivity index (χ3v) is 5.35. The molecule has 0 aromatic carbocycles. The monoisotopic (exact) mass is 378 g/mol. The average molecular weight is 378 g/mol. The number of halogens is 1. The molecule has 0 spiro atoms. The van der Waals surface area contributed by atoms with Gasteiger partial charge in [-0.2, -0.15) is 0 Å². The number of ether oxygens (including phenoxy) is 2. The topological polar surface area (TPSA) is 18.5 Å². The van der Waals surface area contributed by atoms with E-state index in [9.17, 15) is 0 Å². The average Bonchev–Trinajstić information content (AvgIpc) is 2.45. The molecule has 1 aliphatic heterocycles. The Kier molecular flexibility index (Phi) is 8.99. The molecule has 0 aromatic rings. The highest BCUT2D eigenvalue weighted by molar-refractivity contribution is 14.1. The minimum Gasteiger partial charge on any atom is -0.353 e. The second-order valence-corrected chi connectivity index (χ2v) is 6.15. The number of hydrogen-bond acceptors (Lipinski definition) is 2. The highest BCUT2D eigenvalue weighted by Gasteiger charge is 2.25. The summed E-state index contributed by atoms with van der Waals surface area (Å²) in [6.45, 7) is 9.44. The number of allylic oxidation sites excluding steroid dienone is 2. The van der Waals surface area contributed by atoms with Gasteiger partial charge in [-0.1, -0.05) is 34.7 Å². The standard InChI is InChI=1S/C16H27IO2/c1-3-9-16(14-17,10-4-2)11-7-13-19-15-8-5-6-12-18-15/h3-4,15H,1-2,5-14H2. The summed E-state index contributed by atoms with van der Waals surface area (Å²) < 4.78 is 12.5. The van der Waals surface area contributed by atoms with Gasteiger partial charge in [0.2, 0.25) is 0 Å². The fourth-order valence-electron chi connectivity index (χ4n) is 2.58. The van der Waals surface area contributed by atoms with Crippen molar-refractivity contribution in [3.05, 3.63) is 25.3 Å². The van der Waals surface area contributed by atoms with Gasteiger partial charge >= 0.3 is 0 Å². The molecule has 1 atom stereocenters. The van der Waals surface area contributed by atoms with E-state index in [-0.39, 0.29) is 6.29 Å². The first kappa shape index (κ1) is 17.2. The predicted octanol–water partition coefficient (Wildman–Crippen LogP) is 4.88. The Bertz CT molecular complexity index is 249. The van der Waals surface area contributed by atoms with Crippen molar-refractivity contribution < 1.29 is 9.47 Å². The van der Waals surface area contributed by atoms with Crippen LogP contribution >= 0.6 is 22.6 Å². The van der Waals surface area contributed by atoms with Crippen LogP contribution in [0.3, 0.4) is 0 Å². The Morgan fingerprint density at radius 2 is 2.00 bits per heavy atom. The molecule has 3 heteroatoms. The maximum absolute atomic E-state index is 5.80. The van der Waals surface area contributed by atoms with Gasteiger partial charge < -0.3 is 9.47 Å². The Labute approximate surface area is 131 Å². The van der Waals surface area contributed by atoms with Gasteiger partial charge in [0, 0.05) is 17.6 Å². The van der Waals surface area contributed by atoms with Crippen LogP contribution in [-0.2, 0) is 9.47 Å². The van der Waals surface area contributed by atoms with Crippen LogP contribution in [-0.4, -0.2) is 23.9 Å². The van der Waals surface area contributed by atoms with Crippen molar-refractivity contribution in [1.29, 1.82) is 0 Å². The van der Waals surface area contributed by atoms with Crippen molar-refractivity contribution in [3.8, 4) is 0 Å². The van der Waals surface area contributed by atoms with Gasteiger partial charge in [-0.05, 0) is 50.4 Å². The summed E-state index contributed by atoms with van der Waals surface area (Å²) in [6.07, 6.45) is 11.9. The van der Waals surface area contributed by atoms with E-state index in [0.29, 0.717) is 5.41 Å². The largest absolute Gasteiger partial charge is 0.353 e. The van der Waals surface area contributed by atoms with Crippen LogP contribution in [0.2, 0.25) is 0 Å². The van der Waals surface area contributed by atoms with Crippen LogP contribution in [0.25, 0.3) is 0 Å². The van der Waals surface area contributed by atoms with Gasteiger partial charge in [0.05, 0.1) is 0 Å². The summed E-state index contributed by atoms with van der Waals surface area (Å²) in [6, 6.07) is 0. The summed E-state index contributed by atoms with van der Waals surface area (Å²) >= 11 is 2.48. The van der Waals surface area contributed by atoms with Crippen LogP contribution in [0.1, 0.15) is 44.9 Å². The Morgan fingerprint density at radius 1 is 1.26 bits per heavy atom. The molecule has 19 heavy (non-hydrogen) atoms. The third-order valence-electron chi connectivity index (χ3n) is 3.73. The van der Waals surface area contributed by atoms with Crippen LogP contribution < -0.4 is 0 Å². The fraction of sp³-hybridized carbons (Fsp3) is 0.750. The Morgan fingerprint density at radius 3 is 2.53 bits per heavy atom. The van der Waals surface area contributed by atoms with E-state index < -0.39 is 0 Å². The summed E-state index contributed by atoms with van der Waals surface area (Å²) in [4.78, 5) is 0. The van der Waals surface area contributed by atoms with Crippen LogP contribution in [0.15, 0.2) is 25.3 Å². The lowest BCUT2D eigenvalue weighted by molar-refractivity contribution is -0.163. The van der Waals surface area contributed by atoms with Gasteiger partial charge in [-0.25, -0.2) is 0 Å². The van der Waals surface area contributed by atoms with Crippen molar-refractivity contribution >= 4 is 22.6 Å². The Balaban J connectivity index is 2.26. The first-order chi connectivity index (χ1) is 9.26. The first-order valence-corrected chi connectivity index (χ1v) is 8.80. The van der Waals surface area contributed by atoms with Crippen LogP contribution in [0.5, 0.6) is 0 Å². The molecule has 0 aliphatic carbocycles. The van der Waals surface area contributed by atoms with Crippen molar-refractivity contribution in [1.82, 2.24) is 0 Å². The molecule has 1 aliphatic rings. The van der Waals surface area contributed by atoms with Crippen molar-refractivity contribution in [2.45, 2.75) is 51.2 Å². The van der Waals surface area contributed by atoms with E-state index in [0.717, 1.165) is 43.3 Å². The molecule has 1 unspecified atom stereocenters. The minimum absolute atomic E-state index is 0.0431. The fourth-order valence-corrected chi connectivity index (χ4v) is 3.58. The first-order valence-electron chi connectivity index (χ1n) is 7.27. The molecule has 0 radical (unpaired) electrons. The SMILES string of the molecule is C=CCC(CI)(CC=C)CCCOC1CCCCO1. The second-order valence-electron chi connectivity index (χ2n) is 5.39. The molecule has 0 amide bonds. The lowest BCUT2D eigenvalue weighted by atomic mass is 9.79. The molecule has 0 N–H and O–H groups in total. The third kappa shape index (κ3) is 6.41. The van der Waals surface area contributed by atoms with E-state index in [1.54, 1.807) is 0 Å². The van der Waals surface area contributed by atoms with Crippen molar-refractivity contribution in [2.24, 2.45) is 5.41 Å². The van der Waals surface area contributed by atoms with Crippen LogP contribution in [0.4, 0.5) is 0 Å². The highest BCUT2D eigenvalue weighted by Crippen LogP contribution is 2.35. The molecule has 0 bridgehead atoms. The highest BCUT2D eigenvalue weighted by atomic mass is 127. The molecule has 0 aromatic heterocycles. The zero-order valence-electron chi connectivity index (χ0n) is 11.9. The van der Waals surface area contributed by atoms with Gasteiger partial charge in [0.25, 0.3) is 0 Å². The lowest BCUT2D eigenvalue weighted by Gasteiger charge is -2.30. The minimum atomic E-state index is 0.0431. The van der Waals surface area contributed by atoms with E-state index in [2.05, 4.69) is 35.7 Å². The molecule has 1 rings (SSSR count).